The molecule has 0 unspecified atom stereocenters. The highest BCUT2D eigenvalue weighted by atomic mass is 19.1. The summed E-state index contributed by atoms with van der Waals surface area (Å²) in [6.45, 7) is 5.97. The average Bonchev–Trinajstić information content (AvgIpc) is 2.90. The van der Waals surface area contributed by atoms with E-state index in [-0.39, 0.29) is 11.7 Å². The number of rotatable bonds is 4. The Hall–Kier alpha value is -1.88. The van der Waals surface area contributed by atoms with Crippen molar-refractivity contribution in [1.29, 1.82) is 0 Å². The van der Waals surface area contributed by atoms with Crippen molar-refractivity contribution in [2.45, 2.75) is 44.9 Å². The molecule has 1 aromatic heterocycles. The van der Waals surface area contributed by atoms with Gasteiger partial charge < -0.3 is 10.5 Å². The average molecular weight is 317 g/mol. The molecule has 1 aromatic carbocycles. The lowest BCUT2D eigenvalue weighted by Crippen LogP contribution is -2.26. The second-order valence-corrected chi connectivity index (χ2v) is 6.66. The van der Waals surface area contributed by atoms with Crippen molar-refractivity contribution in [3.05, 3.63) is 52.6 Å². The molecule has 1 aliphatic heterocycles. The molecule has 2 N–H and O–H groups in total. The lowest BCUT2D eigenvalue weighted by atomic mass is 9.89. The molecule has 0 aliphatic carbocycles. The molecule has 1 saturated heterocycles. The molecular formula is C18H24FN3O. The van der Waals surface area contributed by atoms with E-state index in [4.69, 9.17) is 0 Å². The number of aromatic nitrogens is 2. The first kappa shape index (κ1) is 16.0. The Morgan fingerprint density at radius 1 is 1.35 bits per heavy atom. The Labute approximate surface area is 136 Å². The lowest BCUT2D eigenvalue weighted by molar-refractivity contribution is 0.147. The SMILES string of the molecule is CC(C)c1cc(Cc2nn(O)cc2C2CCNCC2)ccc1F. The Kier molecular flexibility index (Phi) is 4.66. The molecule has 1 fully saturated rings. The molecule has 2 aromatic rings. The van der Waals surface area contributed by atoms with Crippen molar-refractivity contribution in [2.75, 3.05) is 13.1 Å². The van der Waals surface area contributed by atoms with Gasteiger partial charge in [0, 0.05) is 12.0 Å². The summed E-state index contributed by atoms with van der Waals surface area (Å²) in [5, 5.41) is 17.4. The molecule has 2 heterocycles. The van der Waals surface area contributed by atoms with Gasteiger partial charge in [0.25, 0.3) is 0 Å². The van der Waals surface area contributed by atoms with E-state index >= 15 is 0 Å². The van der Waals surface area contributed by atoms with Crippen LogP contribution in [-0.4, -0.2) is 28.2 Å². The maximum Gasteiger partial charge on any atom is 0.126 e. The van der Waals surface area contributed by atoms with Gasteiger partial charge in [-0.25, -0.2) is 4.39 Å². The largest absolute Gasteiger partial charge is 0.412 e. The topological polar surface area (TPSA) is 50.1 Å². The normalized spacial score (nSPS) is 16.2. The van der Waals surface area contributed by atoms with Gasteiger partial charge in [-0.15, -0.1) is 9.94 Å². The molecule has 1 aliphatic rings. The van der Waals surface area contributed by atoms with Crippen LogP contribution in [0.5, 0.6) is 0 Å². The van der Waals surface area contributed by atoms with E-state index in [1.165, 1.54) is 6.07 Å². The molecular weight excluding hydrogens is 293 g/mol. The standard InChI is InChI=1S/C18H24FN3O/c1-12(2)15-9-13(3-4-17(15)19)10-18-16(11-22(23)21-18)14-5-7-20-8-6-14/h3-4,9,11-12,14,20,23H,5-8,10H2,1-2H3. The van der Waals surface area contributed by atoms with Crippen molar-refractivity contribution in [1.82, 2.24) is 15.3 Å². The fourth-order valence-electron chi connectivity index (χ4n) is 3.36. The van der Waals surface area contributed by atoms with Crippen molar-refractivity contribution >= 4 is 0 Å². The zero-order valence-corrected chi connectivity index (χ0v) is 13.7. The molecule has 3 rings (SSSR count). The van der Waals surface area contributed by atoms with Gasteiger partial charge in [0.05, 0.1) is 11.9 Å². The smallest absolute Gasteiger partial charge is 0.126 e. The van der Waals surface area contributed by atoms with Crippen LogP contribution in [0.15, 0.2) is 24.4 Å². The second kappa shape index (κ2) is 6.71. The minimum atomic E-state index is -0.157. The Morgan fingerprint density at radius 2 is 2.09 bits per heavy atom. The van der Waals surface area contributed by atoms with E-state index in [1.54, 1.807) is 6.20 Å². The molecule has 0 radical (unpaired) electrons. The number of nitrogens with one attached hydrogen (secondary N) is 1. The molecule has 0 amide bonds. The van der Waals surface area contributed by atoms with Gasteiger partial charge in [-0.3, -0.25) is 0 Å². The van der Waals surface area contributed by atoms with Crippen molar-refractivity contribution in [3.63, 3.8) is 0 Å². The third kappa shape index (κ3) is 3.55. The summed E-state index contributed by atoms with van der Waals surface area (Å²) in [6.07, 6.45) is 4.45. The summed E-state index contributed by atoms with van der Waals surface area (Å²) in [6, 6.07) is 5.26. The Balaban J connectivity index is 1.87. The number of piperidine rings is 1. The second-order valence-electron chi connectivity index (χ2n) is 6.66. The third-order valence-electron chi connectivity index (χ3n) is 4.64. The van der Waals surface area contributed by atoms with E-state index in [2.05, 4.69) is 10.4 Å². The summed E-state index contributed by atoms with van der Waals surface area (Å²) in [7, 11) is 0. The van der Waals surface area contributed by atoms with Gasteiger partial charge >= 0.3 is 0 Å². The Bertz CT molecular complexity index is 675. The van der Waals surface area contributed by atoms with Crippen LogP contribution >= 0.6 is 0 Å². The van der Waals surface area contributed by atoms with E-state index in [9.17, 15) is 9.60 Å². The van der Waals surface area contributed by atoms with Crippen molar-refractivity contribution in [3.8, 4) is 0 Å². The van der Waals surface area contributed by atoms with Crippen LogP contribution in [0.1, 0.15) is 60.9 Å². The fourth-order valence-corrected chi connectivity index (χ4v) is 3.36. The van der Waals surface area contributed by atoms with Gasteiger partial charge in [0.15, 0.2) is 0 Å². The zero-order chi connectivity index (χ0) is 16.4. The van der Waals surface area contributed by atoms with E-state index in [1.807, 2.05) is 26.0 Å². The van der Waals surface area contributed by atoms with Crippen molar-refractivity contribution < 1.29 is 9.60 Å². The van der Waals surface area contributed by atoms with Gasteiger partial charge in [-0.05, 0) is 55.0 Å². The van der Waals surface area contributed by atoms with Gasteiger partial charge in [-0.1, -0.05) is 26.0 Å². The summed E-state index contributed by atoms with van der Waals surface area (Å²) < 4.78 is 13.9. The monoisotopic (exact) mass is 317 g/mol. The highest BCUT2D eigenvalue weighted by Crippen LogP contribution is 2.29. The van der Waals surface area contributed by atoms with Gasteiger partial charge in [-0.2, -0.15) is 0 Å². The van der Waals surface area contributed by atoms with Crippen LogP contribution in [0, 0.1) is 5.82 Å². The first-order chi connectivity index (χ1) is 11.0. The van der Waals surface area contributed by atoms with E-state index in [0.29, 0.717) is 12.3 Å². The maximum absolute atomic E-state index is 13.9. The number of nitrogens with zero attached hydrogens (tertiary/aromatic N) is 2. The first-order valence-corrected chi connectivity index (χ1v) is 8.31. The molecule has 0 spiro atoms. The quantitative estimate of drug-likeness (QED) is 0.849. The highest BCUT2D eigenvalue weighted by Gasteiger charge is 2.21. The van der Waals surface area contributed by atoms with Crippen LogP contribution in [0.2, 0.25) is 0 Å². The van der Waals surface area contributed by atoms with Crippen LogP contribution in [0.3, 0.4) is 0 Å². The predicted molar refractivity (Wildman–Crippen MR) is 87.6 cm³/mol. The summed E-state index contributed by atoms with van der Waals surface area (Å²) >= 11 is 0. The maximum atomic E-state index is 13.9. The molecule has 124 valence electrons. The fraction of sp³-hybridized carbons (Fsp3) is 0.500. The predicted octanol–water partition coefficient (Wildman–Crippen LogP) is 3.44. The van der Waals surface area contributed by atoms with Crippen LogP contribution in [0.25, 0.3) is 0 Å². The van der Waals surface area contributed by atoms with E-state index < -0.39 is 0 Å². The van der Waals surface area contributed by atoms with Crippen LogP contribution < -0.4 is 5.32 Å². The van der Waals surface area contributed by atoms with Gasteiger partial charge in [0.2, 0.25) is 0 Å². The number of hydrogen-bond donors (Lipinski definition) is 2. The minimum Gasteiger partial charge on any atom is -0.412 e. The van der Waals surface area contributed by atoms with Crippen molar-refractivity contribution in [2.24, 2.45) is 0 Å². The molecule has 0 bridgehead atoms. The summed E-state index contributed by atoms with van der Waals surface area (Å²) in [5.74, 6) is 0.418. The van der Waals surface area contributed by atoms with E-state index in [0.717, 1.165) is 53.2 Å². The highest BCUT2D eigenvalue weighted by molar-refractivity contribution is 5.33. The van der Waals surface area contributed by atoms with Gasteiger partial charge in [0.1, 0.15) is 5.82 Å². The Morgan fingerprint density at radius 3 is 2.78 bits per heavy atom. The molecule has 23 heavy (non-hydrogen) atoms. The molecule has 0 saturated carbocycles. The summed E-state index contributed by atoms with van der Waals surface area (Å²) in [4.78, 5) is 0.916. The third-order valence-corrected chi connectivity index (χ3v) is 4.64. The molecule has 5 heteroatoms. The van der Waals surface area contributed by atoms with Crippen LogP contribution in [-0.2, 0) is 6.42 Å². The summed E-state index contributed by atoms with van der Waals surface area (Å²) in [5.41, 5.74) is 3.77. The lowest BCUT2D eigenvalue weighted by Gasteiger charge is -2.22. The number of hydrogen-bond acceptors (Lipinski definition) is 3. The minimum absolute atomic E-state index is 0.147. The molecule has 4 nitrogen and oxygen atoms in total. The number of halogens is 1. The molecule has 0 atom stereocenters. The first-order valence-electron chi connectivity index (χ1n) is 8.31. The van der Waals surface area contributed by atoms with Crippen LogP contribution in [0.4, 0.5) is 4.39 Å². The zero-order valence-electron chi connectivity index (χ0n) is 13.7. The number of benzene rings is 1.